The molecule has 6 heteroatoms. The first-order chi connectivity index (χ1) is 9.50. The van der Waals surface area contributed by atoms with Crippen LogP contribution in [0.3, 0.4) is 0 Å². The average Bonchev–Trinajstić information content (AvgIpc) is 2.41. The normalized spacial score (nSPS) is 10.1. The lowest BCUT2D eigenvalue weighted by Gasteiger charge is -2.21. The number of carboxylic acids is 1. The van der Waals surface area contributed by atoms with E-state index in [0.29, 0.717) is 11.4 Å². The Kier molecular flexibility index (Phi) is 3.91. The second-order valence-electron chi connectivity index (χ2n) is 3.98. The number of rotatable bonds is 3. The monoisotopic (exact) mass is 290 g/mol. The quantitative estimate of drug-likeness (QED) is 0.910. The van der Waals surface area contributed by atoms with E-state index >= 15 is 0 Å². The Morgan fingerprint density at radius 2 is 1.75 bits per heavy atom. The molecule has 0 fully saturated rings. The first-order valence-corrected chi connectivity index (χ1v) is 6.06. The van der Waals surface area contributed by atoms with Gasteiger partial charge in [0, 0.05) is 0 Å². The highest BCUT2D eigenvalue weighted by Crippen LogP contribution is 2.32. The number of primary amides is 1. The highest BCUT2D eigenvalue weighted by atomic mass is 35.5. The maximum absolute atomic E-state index is 11.6. The molecule has 2 amide bonds. The van der Waals surface area contributed by atoms with Crippen molar-refractivity contribution in [2.45, 2.75) is 0 Å². The molecule has 0 aliphatic heterocycles. The lowest BCUT2D eigenvalue weighted by atomic mass is 10.2. The third kappa shape index (κ3) is 2.73. The molecule has 5 nitrogen and oxygen atoms in total. The molecule has 0 aliphatic carbocycles. The number of hydrogen-bond donors (Lipinski definition) is 2. The number of amides is 2. The molecule has 2 aromatic rings. The minimum atomic E-state index is -1.09. The second kappa shape index (κ2) is 5.63. The van der Waals surface area contributed by atoms with E-state index in [2.05, 4.69) is 0 Å². The standard InChI is InChI=1S/C14H11ClN2O3/c15-11-8-9(13(18)19)6-7-12(11)17(14(16)20)10-4-2-1-3-5-10/h1-8H,(H2,16,20)(H,18,19). The Morgan fingerprint density at radius 1 is 1.10 bits per heavy atom. The van der Waals surface area contributed by atoms with Crippen LogP contribution < -0.4 is 10.6 Å². The zero-order chi connectivity index (χ0) is 14.7. The molecular weight excluding hydrogens is 280 g/mol. The summed E-state index contributed by atoms with van der Waals surface area (Å²) in [5, 5.41) is 9.03. The number of nitrogens with zero attached hydrogens (tertiary/aromatic N) is 1. The summed E-state index contributed by atoms with van der Waals surface area (Å²) < 4.78 is 0. The zero-order valence-electron chi connectivity index (χ0n) is 10.3. The fourth-order valence-electron chi connectivity index (χ4n) is 1.78. The summed E-state index contributed by atoms with van der Waals surface area (Å²) in [5.41, 5.74) is 6.29. The van der Waals surface area contributed by atoms with E-state index in [0.717, 1.165) is 0 Å². The van der Waals surface area contributed by atoms with Crippen molar-refractivity contribution < 1.29 is 14.7 Å². The number of carbonyl (C=O) groups is 2. The summed E-state index contributed by atoms with van der Waals surface area (Å²) in [5.74, 6) is -1.09. The fourth-order valence-corrected chi connectivity index (χ4v) is 2.05. The molecule has 0 saturated heterocycles. The van der Waals surface area contributed by atoms with Crippen LogP contribution >= 0.6 is 11.6 Å². The molecule has 20 heavy (non-hydrogen) atoms. The lowest BCUT2D eigenvalue weighted by molar-refractivity contribution is 0.0697. The van der Waals surface area contributed by atoms with Crippen LogP contribution in [-0.2, 0) is 0 Å². The van der Waals surface area contributed by atoms with Crippen LogP contribution in [0.2, 0.25) is 5.02 Å². The number of nitrogens with two attached hydrogens (primary N) is 1. The maximum atomic E-state index is 11.6. The van der Waals surface area contributed by atoms with Gasteiger partial charge in [-0.2, -0.15) is 0 Å². The predicted octanol–water partition coefficient (Wildman–Crippen LogP) is 3.26. The van der Waals surface area contributed by atoms with Crippen molar-refractivity contribution in [2.24, 2.45) is 5.73 Å². The van der Waals surface area contributed by atoms with Crippen LogP contribution in [0, 0.1) is 0 Å². The molecule has 102 valence electrons. The van der Waals surface area contributed by atoms with Crippen molar-refractivity contribution >= 4 is 35.0 Å². The van der Waals surface area contributed by atoms with Crippen molar-refractivity contribution in [3.63, 3.8) is 0 Å². The van der Waals surface area contributed by atoms with Crippen LogP contribution in [-0.4, -0.2) is 17.1 Å². The van der Waals surface area contributed by atoms with Gasteiger partial charge in [-0.15, -0.1) is 0 Å². The minimum absolute atomic E-state index is 0.0382. The van der Waals surface area contributed by atoms with Crippen LogP contribution in [0.1, 0.15) is 10.4 Å². The predicted molar refractivity (Wildman–Crippen MR) is 76.6 cm³/mol. The minimum Gasteiger partial charge on any atom is -0.478 e. The largest absolute Gasteiger partial charge is 0.478 e. The molecule has 0 aliphatic rings. The summed E-state index contributed by atoms with van der Waals surface area (Å²) in [7, 11) is 0. The number of halogens is 1. The first-order valence-electron chi connectivity index (χ1n) is 5.68. The Morgan fingerprint density at radius 3 is 2.25 bits per heavy atom. The molecule has 0 atom stereocenters. The number of hydrogen-bond acceptors (Lipinski definition) is 2. The Balaban J connectivity index is 2.51. The highest BCUT2D eigenvalue weighted by molar-refractivity contribution is 6.34. The van der Waals surface area contributed by atoms with Crippen molar-refractivity contribution in [1.29, 1.82) is 0 Å². The van der Waals surface area contributed by atoms with Crippen LogP contribution in [0.4, 0.5) is 16.2 Å². The highest BCUT2D eigenvalue weighted by Gasteiger charge is 2.18. The number of para-hydroxylation sites is 1. The van der Waals surface area contributed by atoms with E-state index in [-0.39, 0.29) is 10.6 Å². The molecule has 0 aromatic heterocycles. The summed E-state index contributed by atoms with van der Waals surface area (Å²) >= 11 is 6.05. The van der Waals surface area contributed by atoms with Crippen molar-refractivity contribution in [2.75, 3.05) is 4.90 Å². The van der Waals surface area contributed by atoms with Gasteiger partial charge in [0.25, 0.3) is 0 Å². The number of benzene rings is 2. The van der Waals surface area contributed by atoms with Gasteiger partial charge < -0.3 is 10.8 Å². The molecule has 0 radical (unpaired) electrons. The first kappa shape index (κ1) is 13.9. The SMILES string of the molecule is NC(=O)N(c1ccccc1)c1ccc(C(=O)O)cc1Cl. The van der Waals surface area contributed by atoms with Gasteiger partial charge in [-0.1, -0.05) is 29.8 Å². The summed E-state index contributed by atoms with van der Waals surface area (Å²) in [6.45, 7) is 0. The van der Waals surface area contributed by atoms with Gasteiger partial charge in [-0.3, -0.25) is 4.90 Å². The summed E-state index contributed by atoms with van der Waals surface area (Å²) in [6, 6.07) is 12.1. The second-order valence-corrected chi connectivity index (χ2v) is 4.39. The number of carbonyl (C=O) groups excluding carboxylic acids is 1. The smallest absolute Gasteiger partial charge is 0.335 e. The zero-order valence-corrected chi connectivity index (χ0v) is 11.0. The average molecular weight is 291 g/mol. The molecule has 0 heterocycles. The summed E-state index contributed by atoms with van der Waals surface area (Å²) in [4.78, 5) is 23.7. The Hall–Kier alpha value is -2.53. The van der Waals surface area contributed by atoms with Crippen LogP contribution in [0.25, 0.3) is 0 Å². The third-order valence-electron chi connectivity index (χ3n) is 2.67. The third-order valence-corrected chi connectivity index (χ3v) is 2.97. The van der Waals surface area contributed by atoms with E-state index in [1.807, 2.05) is 0 Å². The van der Waals surface area contributed by atoms with Gasteiger partial charge in [0.2, 0.25) is 0 Å². The molecule has 2 aromatic carbocycles. The molecule has 0 unspecified atom stereocenters. The topological polar surface area (TPSA) is 83.6 Å². The maximum Gasteiger partial charge on any atom is 0.335 e. The van der Waals surface area contributed by atoms with Crippen molar-refractivity contribution in [1.82, 2.24) is 0 Å². The van der Waals surface area contributed by atoms with Gasteiger partial charge in [0.05, 0.1) is 22.0 Å². The van der Waals surface area contributed by atoms with E-state index in [1.54, 1.807) is 30.3 Å². The van der Waals surface area contributed by atoms with E-state index < -0.39 is 12.0 Å². The van der Waals surface area contributed by atoms with Gasteiger partial charge in [-0.25, -0.2) is 9.59 Å². The lowest BCUT2D eigenvalue weighted by Crippen LogP contribution is -2.31. The van der Waals surface area contributed by atoms with Crippen LogP contribution in [0.5, 0.6) is 0 Å². The molecule has 0 saturated carbocycles. The molecule has 2 rings (SSSR count). The van der Waals surface area contributed by atoms with Crippen LogP contribution in [0.15, 0.2) is 48.5 Å². The molecular formula is C14H11ClN2O3. The molecule has 0 spiro atoms. The van der Waals surface area contributed by atoms with Crippen molar-refractivity contribution in [3.8, 4) is 0 Å². The molecule has 0 bridgehead atoms. The molecule has 3 N–H and O–H groups in total. The van der Waals surface area contributed by atoms with E-state index in [4.69, 9.17) is 22.4 Å². The Bertz CT molecular complexity index is 659. The fraction of sp³-hybridized carbons (Fsp3) is 0. The van der Waals surface area contributed by atoms with E-state index in [1.165, 1.54) is 23.1 Å². The number of urea groups is 1. The summed E-state index contributed by atoms with van der Waals surface area (Å²) in [6.07, 6.45) is 0. The number of anilines is 2. The van der Waals surface area contributed by atoms with Gasteiger partial charge in [0.1, 0.15) is 0 Å². The van der Waals surface area contributed by atoms with E-state index in [9.17, 15) is 9.59 Å². The van der Waals surface area contributed by atoms with Crippen molar-refractivity contribution in [3.05, 3.63) is 59.1 Å². The number of aromatic carboxylic acids is 1. The van der Waals surface area contributed by atoms with Gasteiger partial charge in [-0.05, 0) is 30.3 Å². The number of carboxylic acid groups (broad SMARTS) is 1. The Labute approximate surface area is 120 Å². The van der Waals surface area contributed by atoms with Gasteiger partial charge in [0.15, 0.2) is 0 Å². The van der Waals surface area contributed by atoms with Gasteiger partial charge >= 0.3 is 12.0 Å².